The molecule has 0 bridgehead atoms. The lowest BCUT2D eigenvalue weighted by molar-refractivity contribution is 0.0692. The molecule has 4 heteroatoms. The molecule has 4 nitrogen and oxygen atoms in total. The Kier molecular flexibility index (Phi) is 6.78. The van der Waals surface area contributed by atoms with Crippen molar-refractivity contribution in [3.05, 3.63) is 83.4 Å². The number of benzene rings is 3. The minimum absolute atomic E-state index is 0.104. The van der Waals surface area contributed by atoms with E-state index in [9.17, 15) is 9.90 Å². The lowest BCUT2D eigenvalue weighted by Crippen LogP contribution is -2.05. The first-order chi connectivity index (χ1) is 14.3. The van der Waals surface area contributed by atoms with E-state index in [2.05, 4.69) is 26.0 Å². The zero-order valence-corrected chi connectivity index (χ0v) is 17.9. The molecular weight excluding hydrogens is 376 g/mol. The van der Waals surface area contributed by atoms with Gasteiger partial charge in [-0.1, -0.05) is 56.3 Å². The van der Waals surface area contributed by atoms with Crippen LogP contribution in [0.3, 0.4) is 0 Å². The molecule has 0 aliphatic carbocycles. The summed E-state index contributed by atoms with van der Waals surface area (Å²) >= 11 is 0. The summed E-state index contributed by atoms with van der Waals surface area (Å²) in [5.74, 6) is 0.605. The predicted octanol–water partition coefficient (Wildman–Crippen LogP) is 6.54. The van der Waals surface area contributed by atoms with Crippen molar-refractivity contribution in [2.24, 2.45) is 0 Å². The minimum atomic E-state index is -1.01. The molecule has 0 aliphatic heterocycles. The standard InChI is InChI=1S/C26H28O4/c1-17(2)20-7-5-19(6-8-20)16-29-25-14-11-22(15-24(25)26(27)28)21-9-12-23(13-10-21)30-18(3)4/h5-15,17-18H,16H2,1-4H3,(H,27,28). The molecule has 0 fully saturated rings. The third-order valence-electron chi connectivity index (χ3n) is 4.81. The van der Waals surface area contributed by atoms with Crippen molar-refractivity contribution >= 4 is 5.97 Å². The highest BCUT2D eigenvalue weighted by Gasteiger charge is 2.14. The van der Waals surface area contributed by atoms with Crippen LogP contribution in [0.5, 0.6) is 11.5 Å². The summed E-state index contributed by atoms with van der Waals surface area (Å²) in [6.07, 6.45) is 0.104. The Morgan fingerprint density at radius 1 is 0.867 bits per heavy atom. The van der Waals surface area contributed by atoms with Gasteiger partial charge in [0.25, 0.3) is 0 Å². The Balaban J connectivity index is 1.77. The maximum Gasteiger partial charge on any atom is 0.339 e. The van der Waals surface area contributed by atoms with Crippen LogP contribution in [0.15, 0.2) is 66.7 Å². The first kappa shape index (κ1) is 21.4. The molecule has 0 heterocycles. The van der Waals surface area contributed by atoms with Crippen molar-refractivity contribution in [2.45, 2.75) is 46.3 Å². The monoisotopic (exact) mass is 404 g/mol. The molecule has 0 radical (unpaired) electrons. The second-order valence-electron chi connectivity index (χ2n) is 7.89. The number of carboxylic acid groups (broad SMARTS) is 1. The van der Waals surface area contributed by atoms with Crippen molar-refractivity contribution in [1.29, 1.82) is 0 Å². The quantitative estimate of drug-likeness (QED) is 0.463. The topological polar surface area (TPSA) is 55.8 Å². The van der Waals surface area contributed by atoms with Crippen molar-refractivity contribution in [3.8, 4) is 22.6 Å². The molecule has 1 N–H and O–H groups in total. The first-order valence-corrected chi connectivity index (χ1v) is 10.2. The number of carbonyl (C=O) groups is 1. The molecule has 156 valence electrons. The normalized spacial score (nSPS) is 11.0. The summed E-state index contributed by atoms with van der Waals surface area (Å²) < 4.78 is 11.5. The van der Waals surface area contributed by atoms with Crippen LogP contribution in [0.4, 0.5) is 0 Å². The van der Waals surface area contributed by atoms with Crippen molar-refractivity contribution < 1.29 is 19.4 Å². The fourth-order valence-electron chi connectivity index (χ4n) is 3.16. The fraction of sp³-hybridized carbons (Fsp3) is 0.269. The second kappa shape index (κ2) is 9.49. The Labute approximate surface area is 178 Å². The van der Waals surface area contributed by atoms with Crippen molar-refractivity contribution in [3.63, 3.8) is 0 Å². The van der Waals surface area contributed by atoms with Gasteiger partial charge in [-0.15, -0.1) is 0 Å². The molecule has 3 aromatic carbocycles. The van der Waals surface area contributed by atoms with Gasteiger partial charge in [0.15, 0.2) is 0 Å². The third-order valence-corrected chi connectivity index (χ3v) is 4.81. The largest absolute Gasteiger partial charge is 0.491 e. The molecular formula is C26H28O4. The maximum absolute atomic E-state index is 11.8. The number of carboxylic acids is 1. The van der Waals surface area contributed by atoms with Gasteiger partial charge in [0.2, 0.25) is 0 Å². The molecule has 3 rings (SSSR count). The second-order valence-corrected chi connectivity index (χ2v) is 7.89. The van der Waals surface area contributed by atoms with E-state index in [1.165, 1.54) is 5.56 Å². The van der Waals surface area contributed by atoms with E-state index in [0.29, 0.717) is 18.3 Å². The van der Waals surface area contributed by atoms with Crippen LogP contribution in [-0.2, 0) is 6.61 Å². The molecule has 3 aromatic rings. The molecule has 0 amide bonds. The summed E-state index contributed by atoms with van der Waals surface area (Å²) in [4.78, 5) is 11.8. The van der Waals surface area contributed by atoms with Gasteiger partial charge in [-0.05, 0) is 66.3 Å². The molecule has 0 aliphatic rings. The van der Waals surface area contributed by atoms with Gasteiger partial charge in [0.1, 0.15) is 23.7 Å². The highest BCUT2D eigenvalue weighted by Crippen LogP contribution is 2.29. The van der Waals surface area contributed by atoms with Crippen LogP contribution in [-0.4, -0.2) is 17.2 Å². The van der Waals surface area contributed by atoms with E-state index in [1.807, 2.05) is 56.3 Å². The lowest BCUT2D eigenvalue weighted by atomic mass is 10.0. The van der Waals surface area contributed by atoms with Crippen LogP contribution in [0.1, 0.15) is 55.1 Å². The van der Waals surface area contributed by atoms with E-state index in [-0.39, 0.29) is 11.7 Å². The van der Waals surface area contributed by atoms with Gasteiger partial charge in [0, 0.05) is 0 Å². The van der Waals surface area contributed by atoms with Crippen molar-refractivity contribution in [1.82, 2.24) is 0 Å². The van der Waals surface area contributed by atoms with Crippen molar-refractivity contribution in [2.75, 3.05) is 0 Å². The van der Waals surface area contributed by atoms with Gasteiger partial charge in [-0.25, -0.2) is 4.79 Å². The zero-order valence-electron chi connectivity index (χ0n) is 17.9. The SMILES string of the molecule is CC(C)Oc1ccc(-c2ccc(OCc3ccc(C(C)C)cc3)c(C(=O)O)c2)cc1. The Hall–Kier alpha value is -3.27. The first-order valence-electron chi connectivity index (χ1n) is 10.2. The molecule has 0 saturated carbocycles. The Morgan fingerprint density at radius 3 is 2.07 bits per heavy atom. The van der Waals surface area contributed by atoms with E-state index >= 15 is 0 Å². The fourth-order valence-corrected chi connectivity index (χ4v) is 3.16. The Bertz CT molecular complexity index is 987. The highest BCUT2D eigenvalue weighted by atomic mass is 16.5. The summed E-state index contributed by atoms with van der Waals surface area (Å²) in [7, 11) is 0. The third kappa shape index (κ3) is 5.41. The van der Waals surface area contributed by atoms with Crippen LogP contribution < -0.4 is 9.47 Å². The van der Waals surface area contributed by atoms with E-state index in [1.54, 1.807) is 12.1 Å². The van der Waals surface area contributed by atoms with Gasteiger partial charge in [-0.3, -0.25) is 0 Å². The molecule has 0 aromatic heterocycles. The molecule has 0 spiro atoms. The average Bonchev–Trinajstić information content (AvgIpc) is 2.72. The smallest absolute Gasteiger partial charge is 0.339 e. The lowest BCUT2D eigenvalue weighted by Gasteiger charge is -2.13. The summed E-state index contributed by atoms with van der Waals surface area (Å²) in [5.41, 5.74) is 4.15. The molecule has 0 unspecified atom stereocenters. The van der Waals surface area contributed by atoms with Crippen LogP contribution >= 0.6 is 0 Å². The average molecular weight is 405 g/mol. The molecule has 0 atom stereocenters. The predicted molar refractivity (Wildman–Crippen MR) is 119 cm³/mol. The van der Waals surface area contributed by atoms with Crippen LogP contribution in [0, 0.1) is 0 Å². The summed E-state index contributed by atoms with van der Waals surface area (Å²) in [5, 5.41) is 9.67. The van der Waals surface area contributed by atoms with Crippen LogP contribution in [0.25, 0.3) is 11.1 Å². The highest BCUT2D eigenvalue weighted by molar-refractivity contribution is 5.92. The number of rotatable bonds is 8. The number of ether oxygens (including phenoxy) is 2. The number of hydrogen-bond acceptors (Lipinski definition) is 3. The Morgan fingerprint density at radius 2 is 1.50 bits per heavy atom. The maximum atomic E-state index is 11.8. The summed E-state index contributed by atoms with van der Waals surface area (Å²) in [6, 6.07) is 21.1. The van der Waals surface area contributed by atoms with Crippen LogP contribution in [0.2, 0.25) is 0 Å². The molecule has 30 heavy (non-hydrogen) atoms. The van der Waals surface area contributed by atoms with Gasteiger partial charge < -0.3 is 14.6 Å². The van der Waals surface area contributed by atoms with Gasteiger partial charge in [0.05, 0.1) is 6.10 Å². The van der Waals surface area contributed by atoms with E-state index in [4.69, 9.17) is 9.47 Å². The number of aromatic carboxylic acids is 1. The van der Waals surface area contributed by atoms with Gasteiger partial charge in [-0.2, -0.15) is 0 Å². The van der Waals surface area contributed by atoms with Gasteiger partial charge >= 0.3 is 5.97 Å². The minimum Gasteiger partial charge on any atom is -0.491 e. The summed E-state index contributed by atoms with van der Waals surface area (Å²) in [6.45, 7) is 8.57. The molecule has 0 saturated heterocycles. The van der Waals surface area contributed by atoms with E-state index < -0.39 is 5.97 Å². The number of hydrogen-bond donors (Lipinski definition) is 1. The zero-order chi connectivity index (χ0) is 21.7. The van der Waals surface area contributed by atoms with E-state index in [0.717, 1.165) is 22.4 Å².